The first-order chi connectivity index (χ1) is 5.63. The number of hydrogen-bond donors (Lipinski definition) is 1. The molecular weight excluding hydrogens is 172 g/mol. The monoisotopic (exact) mass is 190 g/mol. The molecule has 0 amide bonds. The van der Waals surface area contributed by atoms with E-state index in [1.165, 1.54) is 12.8 Å². The summed E-state index contributed by atoms with van der Waals surface area (Å²) in [4.78, 5) is 10.1. The van der Waals surface area contributed by atoms with Gasteiger partial charge in [-0.05, 0) is 18.1 Å². The molecule has 0 aromatic rings. The summed E-state index contributed by atoms with van der Waals surface area (Å²) in [6.07, 6.45) is 2.76. The number of thioether (sulfide) groups is 1. The lowest BCUT2D eigenvalue weighted by atomic mass is 10.1. The fourth-order valence-electron chi connectivity index (χ4n) is 0.855. The van der Waals surface area contributed by atoms with Gasteiger partial charge >= 0.3 is 5.97 Å². The standard InChI is InChI=1S/C9H18O2S/c1-8(2)4-3-6-12-7-5-9(10)11/h8H,3-7H2,1-2H3,(H,10,11). The summed E-state index contributed by atoms with van der Waals surface area (Å²) in [6.45, 7) is 4.42. The van der Waals surface area contributed by atoms with Crippen LogP contribution in [0, 0.1) is 5.92 Å². The second-order valence-corrected chi connectivity index (χ2v) is 4.52. The van der Waals surface area contributed by atoms with Gasteiger partial charge in [-0.25, -0.2) is 0 Å². The van der Waals surface area contributed by atoms with E-state index in [9.17, 15) is 4.79 Å². The summed E-state index contributed by atoms with van der Waals surface area (Å²) in [6, 6.07) is 0. The van der Waals surface area contributed by atoms with Crippen molar-refractivity contribution < 1.29 is 9.90 Å². The Morgan fingerprint density at radius 3 is 2.58 bits per heavy atom. The van der Waals surface area contributed by atoms with Gasteiger partial charge in [0.05, 0.1) is 6.42 Å². The molecule has 0 aliphatic rings. The highest BCUT2D eigenvalue weighted by Crippen LogP contribution is 2.10. The van der Waals surface area contributed by atoms with Gasteiger partial charge in [-0.3, -0.25) is 4.79 Å². The number of carboxylic acids is 1. The molecule has 3 heteroatoms. The molecule has 0 saturated carbocycles. The molecule has 72 valence electrons. The molecule has 0 aromatic carbocycles. The van der Waals surface area contributed by atoms with Gasteiger partial charge in [0.1, 0.15) is 0 Å². The third-order valence-electron chi connectivity index (χ3n) is 1.53. The SMILES string of the molecule is CC(C)CCCSCCC(=O)O. The lowest BCUT2D eigenvalue weighted by molar-refractivity contribution is -0.136. The predicted octanol–water partition coefficient (Wildman–Crippen LogP) is 2.63. The molecule has 2 nitrogen and oxygen atoms in total. The normalized spacial score (nSPS) is 10.6. The summed E-state index contributed by atoms with van der Waals surface area (Å²) in [5.74, 6) is 1.94. The molecule has 0 atom stereocenters. The van der Waals surface area contributed by atoms with E-state index >= 15 is 0 Å². The van der Waals surface area contributed by atoms with Crippen LogP contribution in [0.4, 0.5) is 0 Å². The molecule has 0 aromatic heterocycles. The van der Waals surface area contributed by atoms with E-state index in [4.69, 9.17) is 5.11 Å². The summed E-state index contributed by atoms with van der Waals surface area (Å²) in [5.41, 5.74) is 0. The summed E-state index contributed by atoms with van der Waals surface area (Å²) in [7, 11) is 0. The Bertz CT molecular complexity index is 124. The van der Waals surface area contributed by atoms with Crippen molar-refractivity contribution in [1.29, 1.82) is 0 Å². The average Bonchev–Trinajstić information content (AvgIpc) is 1.95. The van der Waals surface area contributed by atoms with Crippen molar-refractivity contribution >= 4 is 17.7 Å². The molecule has 0 heterocycles. The van der Waals surface area contributed by atoms with Gasteiger partial charge in [-0.2, -0.15) is 11.8 Å². The van der Waals surface area contributed by atoms with Crippen LogP contribution in [0.5, 0.6) is 0 Å². The Labute approximate surface area is 78.7 Å². The van der Waals surface area contributed by atoms with Crippen molar-refractivity contribution in [3.8, 4) is 0 Å². The molecule has 0 radical (unpaired) electrons. The fourth-order valence-corrected chi connectivity index (χ4v) is 1.75. The second kappa shape index (κ2) is 7.47. The Hall–Kier alpha value is -0.180. The van der Waals surface area contributed by atoms with Crippen molar-refractivity contribution in [2.45, 2.75) is 33.1 Å². The smallest absolute Gasteiger partial charge is 0.304 e. The first-order valence-corrected chi connectivity index (χ1v) is 5.58. The van der Waals surface area contributed by atoms with Crippen LogP contribution in [-0.4, -0.2) is 22.6 Å². The highest BCUT2D eigenvalue weighted by atomic mass is 32.2. The van der Waals surface area contributed by atoms with Crippen molar-refractivity contribution in [2.75, 3.05) is 11.5 Å². The van der Waals surface area contributed by atoms with Crippen LogP contribution >= 0.6 is 11.8 Å². The molecule has 0 fully saturated rings. The zero-order chi connectivity index (χ0) is 9.40. The van der Waals surface area contributed by atoms with E-state index in [1.807, 2.05) is 0 Å². The Kier molecular flexibility index (Phi) is 7.36. The maximum atomic E-state index is 10.1. The summed E-state index contributed by atoms with van der Waals surface area (Å²) < 4.78 is 0. The van der Waals surface area contributed by atoms with Gasteiger partial charge < -0.3 is 5.11 Å². The second-order valence-electron chi connectivity index (χ2n) is 3.29. The maximum Gasteiger partial charge on any atom is 0.304 e. The average molecular weight is 190 g/mol. The number of rotatable bonds is 7. The first kappa shape index (κ1) is 11.8. The number of carboxylic acid groups (broad SMARTS) is 1. The van der Waals surface area contributed by atoms with E-state index in [0.717, 1.165) is 17.4 Å². The van der Waals surface area contributed by atoms with Crippen molar-refractivity contribution in [3.63, 3.8) is 0 Å². The van der Waals surface area contributed by atoms with E-state index in [0.29, 0.717) is 6.42 Å². The molecule has 0 spiro atoms. The van der Waals surface area contributed by atoms with Crippen LogP contribution in [-0.2, 0) is 4.79 Å². The summed E-state index contributed by atoms with van der Waals surface area (Å²) in [5, 5.41) is 8.34. The van der Waals surface area contributed by atoms with Crippen molar-refractivity contribution in [3.05, 3.63) is 0 Å². The van der Waals surface area contributed by atoms with Crippen LogP contribution in [0.25, 0.3) is 0 Å². The van der Waals surface area contributed by atoms with Crippen LogP contribution < -0.4 is 0 Å². The molecule has 12 heavy (non-hydrogen) atoms. The lowest BCUT2D eigenvalue weighted by Crippen LogP contribution is -1.97. The van der Waals surface area contributed by atoms with Gasteiger partial charge in [0.25, 0.3) is 0 Å². The third kappa shape index (κ3) is 9.82. The molecular formula is C9H18O2S. The predicted molar refractivity (Wildman–Crippen MR) is 53.6 cm³/mol. The van der Waals surface area contributed by atoms with Gasteiger partial charge in [-0.1, -0.05) is 20.3 Å². The highest BCUT2D eigenvalue weighted by Gasteiger charge is 1.97. The van der Waals surface area contributed by atoms with Crippen LogP contribution in [0.2, 0.25) is 0 Å². The Balaban J connectivity index is 2.96. The molecule has 0 saturated heterocycles. The minimum Gasteiger partial charge on any atom is -0.481 e. The number of hydrogen-bond acceptors (Lipinski definition) is 2. The maximum absolute atomic E-state index is 10.1. The first-order valence-electron chi connectivity index (χ1n) is 4.42. The van der Waals surface area contributed by atoms with E-state index < -0.39 is 5.97 Å². The minimum absolute atomic E-state index is 0.298. The quantitative estimate of drug-likeness (QED) is 0.627. The highest BCUT2D eigenvalue weighted by molar-refractivity contribution is 7.99. The number of aliphatic carboxylic acids is 1. The van der Waals surface area contributed by atoms with Gasteiger partial charge in [-0.15, -0.1) is 0 Å². The zero-order valence-corrected chi connectivity index (χ0v) is 8.69. The summed E-state index contributed by atoms with van der Waals surface area (Å²) >= 11 is 1.74. The minimum atomic E-state index is -0.689. The van der Waals surface area contributed by atoms with Crippen LogP contribution in [0.3, 0.4) is 0 Å². The van der Waals surface area contributed by atoms with Crippen LogP contribution in [0.1, 0.15) is 33.1 Å². The molecule has 0 aliphatic heterocycles. The largest absolute Gasteiger partial charge is 0.481 e. The van der Waals surface area contributed by atoms with Gasteiger partial charge in [0, 0.05) is 5.75 Å². The Morgan fingerprint density at radius 1 is 1.42 bits per heavy atom. The molecule has 0 unspecified atom stereocenters. The fraction of sp³-hybridized carbons (Fsp3) is 0.889. The van der Waals surface area contributed by atoms with E-state index in [2.05, 4.69) is 13.8 Å². The third-order valence-corrected chi connectivity index (χ3v) is 2.60. The Morgan fingerprint density at radius 2 is 2.08 bits per heavy atom. The molecule has 0 rings (SSSR count). The van der Waals surface area contributed by atoms with E-state index in [1.54, 1.807) is 11.8 Å². The van der Waals surface area contributed by atoms with Gasteiger partial charge in [0.2, 0.25) is 0 Å². The van der Waals surface area contributed by atoms with Gasteiger partial charge in [0.15, 0.2) is 0 Å². The number of carbonyl (C=O) groups is 1. The zero-order valence-electron chi connectivity index (χ0n) is 7.88. The van der Waals surface area contributed by atoms with Crippen molar-refractivity contribution in [1.82, 2.24) is 0 Å². The van der Waals surface area contributed by atoms with Crippen LogP contribution in [0.15, 0.2) is 0 Å². The molecule has 1 N–H and O–H groups in total. The molecule has 0 bridgehead atoms. The molecule has 0 aliphatic carbocycles. The topological polar surface area (TPSA) is 37.3 Å². The van der Waals surface area contributed by atoms with E-state index in [-0.39, 0.29) is 0 Å². The van der Waals surface area contributed by atoms with Crippen molar-refractivity contribution in [2.24, 2.45) is 5.92 Å². The lowest BCUT2D eigenvalue weighted by Gasteiger charge is -2.02.